The molecule has 0 saturated carbocycles. The smallest absolute Gasteiger partial charge is 0.241 e. The first-order valence-corrected chi connectivity index (χ1v) is 10.4. The standard InChI is InChI=1S/C19H21BrN4O2S/c1-3-11-24(13(2)19(25)21-14-7-5-4-6-8-14)12-17-22-18(23-26-17)15-9-10-16(20)27-15/h4-10,13H,3,11-12H2,1-2H3,(H,21,25). The van der Waals surface area contributed by atoms with Gasteiger partial charge in [-0.1, -0.05) is 30.3 Å². The van der Waals surface area contributed by atoms with Crippen molar-refractivity contribution in [3.05, 3.63) is 52.1 Å². The Hall–Kier alpha value is -2.03. The number of nitrogens with zero attached hydrogens (tertiary/aromatic N) is 3. The number of carbonyl (C=O) groups is 1. The average molecular weight is 449 g/mol. The molecule has 0 bridgehead atoms. The van der Waals surface area contributed by atoms with E-state index in [9.17, 15) is 4.79 Å². The fraction of sp³-hybridized carbons (Fsp3) is 0.316. The summed E-state index contributed by atoms with van der Waals surface area (Å²) in [7, 11) is 0. The summed E-state index contributed by atoms with van der Waals surface area (Å²) in [5.41, 5.74) is 0.786. The zero-order chi connectivity index (χ0) is 19.2. The third-order valence-electron chi connectivity index (χ3n) is 4.08. The van der Waals surface area contributed by atoms with Gasteiger partial charge in [-0.3, -0.25) is 9.69 Å². The van der Waals surface area contributed by atoms with Gasteiger partial charge in [0.05, 0.1) is 21.3 Å². The molecule has 1 aromatic carbocycles. The Morgan fingerprint density at radius 1 is 1.30 bits per heavy atom. The lowest BCUT2D eigenvalue weighted by Gasteiger charge is -2.26. The SMILES string of the molecule is CCCN(Cc1nc(-c2ccc(Br)s2)no1)C(C)C(=O)Nc1ccccc1. The molecule has 0 aliphatic rings. The lowest BCUT2D eigenvalue weighted by atomic mass is 10.2. The lowest BCUT2D eigenvalue weighted by molar-refractivity contribution is -0.121. The molecule has 2 heterocycles. The van der Waals surface area contributed by atoms with Crippen LogP contribution in [0.25, 0.3) is 10.7 Å². The number of rotatable bonds is 8. The minimum atomic E-state index is -0.323. The van der Waals surface area contributed by atoms with Crippen LogP contribution in [0.1, 0.15) is 26.2 Å². The summed E-state index contributed by atoms with van der Waals surface area (Å²) in [4.78, 5) is 20.1. The molecule has 0 radical (unpaired) electrons. The Labute approximate surface area is 170 Å². The lowest BCUT2D eigenvalue weighted by Crippen LogP contribution is -2.42. The fourth-order valence-electron chi connectivity index (χ4n) is 2.66. The Morgan fingerprint density at radius 2 is 2.07 bits per heavy atom. The molecule has 1 amide bonds. The third-order valence-corrected chi connectivity index (χ3v) is 5.70. The number of hydrogen-bond donors (Lipinski definition) is 1. The molecule has 3 rings (SSSR count). The second-order valence-corrected chi connectivity index (χ2v) is 8.58. The topological polar surface area (TPSA) is 71.3 Å². The zero-order valence-corrected chi connectivity index (χ0v) is 17.6. The summed E-state index contributed by atoms with van der Waals surface area (Å²) in [5, 5.41) is 7.01. The summed E-state index contributed by atoms with van der Waals surface area (Å²) < 4.78 is 6.43. The van der Waals surface area contributed by atoms with E-state index in [0.717, 1.165) is 27.3 Å². The van der Waals surface area contributed by atoms with Crippen molar-refractivity contribution in [3.63, 3.8) is 0 Å². The highest BCUT2D eigenvalue weighted by Crippen LogP contribution is 2.29. The van der Waals surface area contributed by atoms with Crippen molar-refractivity contribution in [2.75, 3.05) is 11.9 Å². The van der Waals surface area contributed by atoms with Crippen LogP contribution in [0.5, 0.6) is 0 Å². The number of nitrogens with one attached hydrogen (secondary N) is 1. The Bertz CT molecular complexity index is 881. The predicted octanol–water partition coefficient (Wildman–Crippen LogP) is 4.80. The van der Waals surface area contributed by atoms with Crippen LogP contribution in [0.3, 0.4) is 0 Å². The van der Waals surface area contributed by atoms with Gasteiger partial charge in [-0.25, -0.2) is 0 Å². The number of benzene rings is 1. The van der Waals surface area contributed by atoms with E-state index in [0.29, 0.717) is 18.3 Å². The largest absolute Gasteiger partial charge is 0.338 e. The first kappa shape index (κ1) is 19.7. The van der Waals surface area contributed by atoms with E-state index in [4.69, 9.17) is 4.52 Å². The van der Waals surface area contributed by atoms with Gasteiger partial charge >= 0.3 is 0 Å². The van der Waals surface area contributed by atoms with Crippen molar-refractivity contribution in [1.82, 2.24) is 15.0 Å². The number of aromatic nitrogens is 2. The quantitative estimate of drug-likeness (QED) is 0.535. The predicted molar refractivity (Wildman–Crippen MR) is 111 cm³/mol. The summed E-state index contributed by atoms with van der Waals surface area (Å²) >= 11 is 4.99. The maximum Gasteiger partial charge on any atom is 0.241 e. The number of hydrogen-bond acceptors (Lipinski definition) is 6. The third kappa shape index (κ3) is 5.24. The maximum absolute atomic E-state index is 12.6. The number of carbonyl (C=O) groups excluding carboxylic acids is 1. The van der Waals surface area contributed by atoms with Gasteiger partial charge in [-0.05, 0) is 60.1 Å². The maximum atomic E-state index is 12.6. The molecule has 1 unspecified atom stereocenters. The van der Waals surface area contributed by atoms with Crippen LogP contribution in [0.15, 0.2) is 50.8 Å². The molecule has 0 saturated heterocycles. The first-order chi connectivity index (χ1) is 13.1. The molecule has 2 aromatic heterocycles. The van der Waals surface area contributed by atoms with Crippen LogP contribution >= 0.6 is 27.3 Å². The Morgan fingerprint density at radius 3 is 2.74 bits per heavy atom. The molecule has 3 aromatic rings. The normalized spacial score (nSPS) is 12.3. The molecule has 6 nitrogen and oxygen atoms in total. The van der Waals surface area contributed by atoms with Crippen molar-refractivity contribution in [3.8, 4) is 10.7 Å². The van der Waals surface area contributed by atoms with E-state index in [1.807, 2.05) is 54.3 Å². The number of halogens is 1. The second kappa shape index (κ2) is 9.25. The first-order valence-electron chi connectivity index (χ1n) is 8.75. The van der Waals surface area contributed by atoms with Crippen molar-refractivity contribution < 1.29 is 9.32 Å². The molecule has 0 fully saturated rings. The summed E-state index contributed by atoms with van der Waals surface area (Å²) in [6, 6.07) is 13.0. The van der Waals surface area contributed by atoms with E-state index in [1.165, 1.54) is 0 Å². The van der Waals surface area contributed by atoms with Crippen LogP contribution in [-0.2, 0) is 11.3 Å². The van der Waals surface area contributed by atoms with E-state index in [2.05, 4.69) is 38.3 Å². The molecule has 0 aliphatic carbocycles. The fourth-order valence-corrected chi connectivity index (χ4v) is 3.97. The molecule has 1 N–H and O–H groups in total. The molecule has 142 valence electrons. The van der Waals surface area contributed by atoms with Crippen molar-refractivity contribution >= 4 is 38.9 Å². The van der Waals surface area contributed by atoms with Gasteiger partial charge < -0.3 is 9.84 Å². The highest BCUT2D eigenvalue weighted by molar-refractivity contribution is 9.11. The Balaban J connectivity index is 1.68. The van der Waals surface area contributed by atoms with Gasteiger partial charge in [0.25, 0.3) is 0 Å². The zero-order valence-electron chi connectivity index (χ0n) is 15.2. The monoisotopic (exact) mass is 448 g/mol. The average Bonchev–Trinajstić information content (AvgIpc) is 3.30. The second-order valence-electron chi connectivity index (χ2n) is 6.12. The van der Waals surface area contributed by atoms with E-state index in [-0.39, 0.29) is 11.9 Å². The summed E-state index contributed by atoms with van der Waals surface area (Å²) in [6.45, 7) is 5.15. The molecule has 27 heavy (non-hydrogen) atoms. The molecular weight excluding hydrogens is 428 g/mol. The highest BCUT2D eigenvalue weighted by atomic mass is 79.9. The van der Waals surface area contributed by atoms with Gasteiger partial charge in [0.2, 0.25) is 17.6 Å². The van der Waals surface area contributed by atoms with Crippen LogP contribution in [-0.4, -0.2) is 33.5 Å². The molecule has 8 heteroatoms. The highest BCUT2D eigenvalue weighted by Gasteiger charge is 2.23. The van der Waals surface area contributed by atoms with Gasteiger partial charge in [0.1, 0.15) is 0 Å². The minimum Gasteiger partial charge on any atom is -0.338 e. The van der Waals surface area contributed by atoms with Gasteiger partial charge in [0, 0.05) is 5.69 Å². The molecule has 0 aliphatic heterocycles. The van der Waals surface area contributed by atoms with E-state index < -0.39 is 0 Å². The number of thiophene rings is 1. The molecular formula is C19H21BrN4O2S. The summed E-state index contributed by atoms with van der Waals surface area (Å²) in [5.74, 6) is 1.01. The van der Waals surface area contributed by atoms with Crippen LogP contribution in [0.2, 0.25) is 0 Å². The van der Waals surface area contributed by atoms with Crippen LogP contribution in [0, 0.1) is 0 Å². The van der Waals surface area contributed by atoms with Crippen LogP contribution in [0.4, 0.5) is 5.69 Å². The summed E-state index contributed by atoms with van der Waals surface area (Å²) in [6.07, 6.45) is 0.918. The van der Waals surface area contributed by atoms with Crippen molar-refractivity contribution in [2.45, 2.75) is 32.9 Å². The number of amides is 1. The van der Waals surface area contributed by atoms with E-state index in [1.54, 1.807) is 11.3 Å². The molecule has 0 spiro atoms. The Kier molecular flexibility index (Phi) is 6.76. The van der Waals surface area contributed by atoms with E-state index >= 15 is 0 Å². The van der Waals surface area contributed by atoms with Crippen LogP contribution < -0.4 is 5.32 Å². The van der Waals surface area contributed by atoms with Crippen molar-refractivity contribution in [2.24, 2.45) is 0 Å². The van der Waals surface area contributed by atoms with Gasteiger partial charge in [-0.15, -0.1) is 11.3 Å². The number of anilines is 1. The molecule has 1 atom stereocenters. The van der Waals surface area contributed by atoms with Crippen molar-refractivity contribution in [1.29, 1.82) is 0 Å². The van der Waals surface area contributed by atoms with Gasteiger partial charge in [0.15, 0.2) is 0 Å². The minimum absolute atomic E-state index is 0.0587. The van der Waals surface area contributed by atoms with Gasteiger partial charge in [-0.2, -0.15) is 4.98 Å². The number of para-hydroxylation sites is 1.